The molecule has 5 nitrogen and oxygen atoms in total. The van der Waals surface area contributed by atoms with E-state index >= 15 is 0 Å². The molecule has 1 N–H and O–H groups in total. The molecule has 0 atom stereocenters. The molecular weight excluding hydrogens is 408 g/mol. The second-order valence-corrected chi connectivity index (χ2v) is 9.91. The molecule has 0 spiro atoms. The molecule has 6 rings (SSSR count). The zero-order chi connectivity index (χ0) is 22.0. The van der Waals surface area contributed by atoms with E-state index in [2.05, 4.69) is 68.3 Å². The van der Waals surface area contributed by atoms with Gasteiger partial charge in [0.25, 0.3) is 0 Å². The van der Waals surface area contributed by atoms with Crippen LogP contribution in [0.3, 0.4) is 0 Å². The molecule has 0 saturated carbocycles. The molecule has 3 aliphatic rings. The molecule has 5 heteroatoms. The summed E-state index contributed by atoms with van der Waals surface area (Å²) in [6.07, 6.45) is 8.17. The number of imidazole rings is 1. The Morgan fingerprint density at radius 1 is 0.939 bits per heavy atom. The molecule has 4 heterocycles. The van der Waals surface area contributed by atoms with Crippen molar-refractivity contribution >= 4 is 0 Å². The van der Waals surface area contributed by atoms with E-state index in [1.54, 1.807) is 0 Å². The van der Waals surface area contributed by atoms with E-state index in [-0.39, 0.29) is 0 Å². The number of H-pyrrole nitrogens is 1. The van der Waals surface area contributed by atoms with Crippen molar-refractivity contribution in [1.29, 1.82) is 0 Å². The Kier molecular flexibility index (Phi) is 5.91. The van der Waals surface area contributed by atoms with Crippen molar-refractivity contribution in [3.8, 4) is 17.1 Å². The SMILES string of the molecule is c1ccc(C2CCN(C3CCN(Cc4cnc(-c5ccc6c(c5)CCO6)[nH]4)CC3)CC2)cc1. The number of aromatic amines is 1. The van der Waals surface area contributed by atoms with Gasteiger partial charge in [-0.15, -0.1) is 0 Å². The number of fused-ring (bicyclic) bond motifs is 1. The van der Waals surface area contributed by atoms with Crippen molar-refractivity contribution in [3.63, 3.8) is 0 Å². The Labute approximate surface area is 196 Å². The van der Waals surface area contributed by atoms with Gasteiger partial charge in [-0.1, -0.05) is 30.3 Å². The highest BCUT2D eigenvalue weighted by Gasteiger charge is 2.28. The van der Waals surface area contributed by atoms with Crippen LogP contribution < -0.4 is 4.74 Å². The standard InChI is InChI=1S/C28H34N4O/c1-2-4-21(5-3-1)22-8-15-32(16-9-22)26-10-13-31(14-11-26)20-25-19-29-28(30-25)24-6-7-27-23(18-24)12-17-33-27/h1-7,18-19,22,26H,8-17,20H2,(H,29,30). The summed E-state index contributed by atoms with van der Waals surface area (Å²) in [6, 6.07) is 18.3. The van der Waals surface area contributed by atoms with E-state index in [1.807, 2.05) is 6.20 Å². The second-order valence-electron chi connectivity index (χ2n) is 9.91. The van der Waals surface area contributed by atoms with Gasteiger partial charge in [-0.3, -0.25) is 4.90 Å². The minimum atomic E-state index is 0.746. The highest BCUT2D eigenvalue weighted by atomic mass is 16.5. The maximum Gasteiger partial charge on any atom is 0.137 e. The second kappa shape index (κ2) is 9.32. The Morgan fingerprint density at radius 2 is 1.76 bits per heavy atom. The summed E-state index contributed by atoms with van der Waals surface area (Å²) in [6.45, 7) is 6.61. The first-order chi connectivity index (χ1) is 16.3. The molecule has 0 amide bonds. The van der Waals surface area contributed by atoms with Crippen molar-refractivity contribution in [1.82, 2.24) is 19.8 Å². The monoisotopic (exact) mass is 442 g/mol. The van der Waals surface area contributed by atoms with Gasteiger partial charge < -0.3 is 14.6 Å². The third-order valence-corrected chi connectivity index (χ3v) is 7.86. The number of hydrogen-bond donors (Lipinski definition) is 1. The Hall–Kier alpha value is -2.63. The number of rotatable bonds is 5. The van der Waals surface area contributed by atoms with Crippen LogP contribution in [0.25, 0.3) is 11.4 Å². The highest BCUT2D eigenvalue weighted by Crippen LogP contribution is 2.31. The third-order valence-electron chi connectivity index (χ3n) is 7.86. The van der Waals surface area contributed by atoms with E-state index in [0.29, 0.717) is 0 Å². The van der Waals surface area contributed by atoms with E-state index in [0.717, 1.165) is 48.7 Å². The molecule has 33 heavy (non-hydrogen) atoms. The summed E-state index contributed by atoms with van der Waals surface area (Å²) in [4.78, 5) is 13.6. The first-order valence-electron chi connectivity index (χ1n) is 12.6. The van der Waals surface area contributed by atoms with Gasteiger partial charge in [0.2, 0.25) is 0 Å². The first-order valence-corrected chi connectivity index (χ1v) is 12.6. The van der Waals surface area contributed by atoms with Gasteiger partial charge in [-0.05, 0) is 74.0 Å². The number of aromatic nitrogens is 2. The maximum absolute atomic E-state index is 5.63. The first kappa shape index (κ1) is 20.9. The Bertz CT molecular complexity index is 1060. The quantitative estimate of drug-likeness (QED) is 0.613. The number of likely N-dealkylation sites (tertiary alicyclic amines) is 2. The van der Waals surface area contributed by atoms with Crippen molar-refractivity contribution in [2.24, 2.45) is 0 Å². The van der Waals surface area contributed by atoms with Crippen molar-refractivity contribution in [3.05, 3.63) is 71.5 Å². The van der Waals surface area contributed by atoms with Gasteiger partial charge in [0.15, 0.2) is 0 Å². The number of ether oxygens (including phenoxy) is 1. The van der Waals surface area contributed by atoms with Crippen LogP contribution in [0.15, 0.2) is 54.7 Å². The van der Waals surface area contributed by atoms with Crippen molar-refractivity contribution < 1.29 is 4.74 Å². The van der Waals surface area contributed by atoms with Crippen molar-refractivity contribution in [2.75, 3.05) is 32.8 Å². The summed E-state index contributed by atoms with van der Waals surface area (Å²) in [5.41, 5.74) is 5.19. The van der Waals surface area contributed by atoms with Gasteiger partial charge >= 0.3 is 0 Å². The fourth-order valence-corrected chi connectivity index (χ4v) is 5.93. The molecule has 2 saturated heterocycles. The molecule has 3 aliphatic heterocycles. The summed E-state index contributed by atoms with van der Waals surface area (Å²) in [5.74, 6) is 2.74. The number of nitrogens with zero attached hydrogens (tertiary/aromatic N) is 3. The number of benzene rings is 2. The van der Waals surface area contributed by atoms with Crippen LogP contribution in [0.5, 0.6) is 5.75 Å². The smallest absolute Gasteiger partial charge is 0.137 e. The summed E-state index contributed by atoms with van der Waals surface area (Å²) < 4.78 is 5.63. The van der Waals surface area contributed by atoms with Gasteiger partial charge in [0.05, 0.1) is 6.61 Å². The fourth-order valence-electron chi connectivity index (χ4n) is 5.93. The van der Waals surface area contributed by atoms with Crippen LogP contribution in [-0.4, -0.2) is 58.6 Å². The molecule has 2 fully saturated rings. The predicted molar refractivity (Wildman–Crippen MR) is 132 cm³/mol. The van der Waals surface area contributed by atoms with Crippen LogP contribution in [-0.2, 0) is 13.0 Å². The van der Waals surface area contributed by atoms with Crippen LogP contribution in [0.4, 0.5) is 0 Å². The molecule has 1 aromatic heterocycles. The molecule has 0 aliphatic carbocycles. The Morgan fingerprint density at radius 3 is 2.58 bits per heavy atom. The van der Waals surface area contributed by atoms with E-state index in [1.165, 1.54) is 68.7 Å². The van der Waals surface area contributed by atoms with Gasteiger partial charge in [-0.2, -0.15) is 0 Å². The molecule has 0 unspecified atom stereocenters. The molecular formula is C28H34N4O. The molecule has 2 aromatic carbocycles. The van der Waals surface area contributed by atoms with Gasteiger partial charge in [-0.25, -0.2) is 4.98 Å². The molecule has 0 bridgehead atoms. The van der Waals surface area contributed by atoms with E-state index in [4.69, 9.17) is 4.74 Å². The summed E-state index contributed by atoms with van der Waals surface area (Å²) in [5, 5.41) is 0. The molecule has 0 radical (unpaired) electrons. The zero-order valence-corrected chi connectivity index (χ0v) is 19.4. The van der Waals surface area contributed by atoms with E-state index in [9.17, 15) is 0 Å². The average Bonchev–Trinajstić information content (AvgIpc) is 3.54. The maximum atomic E-state index is 5.63. The lowest BCUT2D eigenvalue weighted by Crippen LogP contribution is -2.47. The van der Waals surface area contributed by atoms with Crippen LogP contribution >= 0.6 is 0 Å². The zero-order valence-electron chi connectivity index (χ0n) is 19.4. The van der Waals surface area contributed by atoms with Gasteiger partial charge in [0, 0.05) is 49.6 Å². The van der Waals surface area contributed by atoms with Crippen LogP contribution in [0.2, 0.25) is 0 Å². The lowest BCUT2D eigenvalue weighted by molar-refractivity contribution is 0.0841. The average molecular weight is 443 g/mol. The molecule has 3 aromatic rings. The van der Waals surface area contributed by atoms with Crippen LogP contribution in [0.1, 0.15) is 48.4 Å². The number of hydrogen-bond acceptors (Lipinski definition) is 4. The minimum Gasteiger partial charge on any atom is -0.493 e. The molecule has 172 valence electrons. The largest absolute Gasteiger partial charge is 0.493 e. The summed E-state index contributed by atoms with van der Waals surface area (Å²) >= 11 is 0. The van der Waals surface area contributed by atoms with E-state index < -0.39 is 0 Å². The number of piperidine rings is 2. The predicted octanol–water partition coefficient (Wildman–Crippen LogP) is 4.86. The third kappa shape index (κ3) is 4.57. The van der Waals surface area contributed by atoms with Crippen LogP contribution in [0, 0.1) is 0 Å². The lowest BCUT2D eigenvalue weighted by atomic mass is 9.88. The lowest BCUT2D eigenvalue weighted by Gasteiger charge is -2.41. The fraction of sp³-hybridized carbons (Fsp3) is 0.464. The highest BCUT2D eigenvalue weighted by molar-refractivity contribution is 5.59. The summed E-state index contributed by atoms with van der Waals surface area (Å²) in [7, 11) is 0. The van der Waals surface area contributed by atoms with Gasteiger partial charge in [0.1, 0.15) is 11.6 Å². The Balaban J connectivity index is 0.994. The minimum absolute atomic E-state index is 0.746. The number of nitrogens with one attached hydrogen (secondary N) is 1. The topological polar surface area (TPSA) is 44.4 Å². The normalized spacial score (nSPS) is 20.6. The van der Waals surface area contributed by atoms with Crippen molar-refractivity contribution in [2.45, 2.75) is 50.6 Å².